The van der Waals surface area contributed by atoms with E-state index < -0.39 is 0 Å². The van der Waals surface area contributed by atoms with Gasteiger partial charge in [0.25, 0.3) is 0 Å². The Kier molecular flexibility index (Phi) is 4.97. The lowest BCUT2D eigenvalue weighted by atomic mass is 9.96. The summed E-state index contributed by atoms with van der Waals surface area (Å²) in [5.74, 6) is 0.0785. The molecule has 2 amide bonds. The summed E-state index contributed by atoms with van der Waals surface area (Å²) >= 11 is 0. The fourth-order valence-electron chi connectivity index (χ4n) is 4.26. The maximum absolute atomic E-state index is 12.8. The quantitative estimate of drug-likeness (QED) is 0.755. The van der Waals surface area contributed by atoms with Crippen LogP contribution in [0.4, 0.5) is 5.69 Å². The van der Waals surface area contributed by atoms with Crippen LogP contribution in [-0.2, 0) is 16.0 Å². The molecule has 140 valence electrons. The Morgan fingerprint density at radius 1 is 1.11 bits per heavy atom. The number of carbonyl (C=O) groups is 2. The molecule has 2 aliphatic rings. The summed E-state index contributed by atoms with van der Waals surface area (Å²) in [5.41, 5.74) is 6.01. The van der Waals surface area contributed by atoms with E-state index >= 15 is 0 Å². The van der Waals surface area contributed by atoms with Gasteiger partial charge in [-0.25, -0.2) is 0 Å². The van der Waals surface area contributed by atoms with Gasteiger partial charge in [-0.3, -0.25) is 9.59 Å². The standard InChI is InChI=1S/C23H26N2O2/c1-2-6-22(26)25-12-5-8-17(15-25)23(27)24-19-10-11-21-18(14-19)13-16-7-3-4-9-20(16)21/h3-4,7,9-11,14,17H,2,5-6,8,12-13,15H2,1H3,(H,24,27). The highest BCUT2D eigenvalue weighted by Crippen LogP contribution is 2.37. The van der Waals surface area contributed by atoms with Crippen molar-refractivity contribution < 1.29 is 9.59 Å². The Morgan fingerprint density at radius 2 is 1.93 bits per heavy atom. The third kappa shape index (κ3) is 3.61. The zero-order valence-electron chi connectivity index (χ0n) is 15.8. The largest absolute Gasteiger partial charge is 0.342 e. The van der Waals surface area contributed by atoms with Crippen molar-refractivity contribution in [3.05, 3.63) is 53.6 Å². The third-order valence-electron chi connectivity index (χ3n) is 5.67. The number of nitrogens with one attached hydrogen (secondary N) is 1. The first-order valence-corrected chi connectivity index (χ1v) is 9.95. The topological polar surface area (TPSA) is 49.4 Å². The molecule has 1 atom stereocenters. The molecule has 0 radical (unpaired) electrons. The summed E-state index contributed by atoms with van der Waals surface area (Å²) in [4.78, 5) is 26.8. The Morgan fingerprint density at radius 3 is 2.78 bits per heavy atom. The molecule has 1 aliphatic heterocycles. The number of anilines is 1. The van der Waals surface area contributed by atoms with Gasteiger partial charge in [-0.1, -0.05) is 37.3 Å². The summed E-state index contributed by atoms with van der Waals surface area (Å²) in [5, 5.41) is 3.08. The fraction of sp³-hybridized carbons (Fsp3) is 0.391. The molecule has 0 saturated carbocycles. The number of carbonyl (C=O) groups excluding carboxylic acids is 2. The van der Waals surface area contributed by atoms with Gasteiger partial charge in [0.2, 0.25) is 11.8 Å². The van der Waals surface area contributed by atoms with Crippen molar-refractivity contribution >= 4 is 17.5 Å². The van der Waals surface area contributed by atoms with Crippen LogP contribution in [0.25, 0.3) is 11.1 Å². The maximum Gasteiger partial charge on any atom is 0.229 e. The zero-order valence-corrected chi connectivity index (χ0v) is 15.8. The predicted molar refractivity (Wildman–Crippen MR) is 108 cm³/mol. The van der Waals surface area contributed by atoms with E-state index in [1.807, 2.05) is 17.9 Å². The Labute approximate surface area is 160 Å². The Bertz CT molecular complexity index is 874. The number of piperidine rings is 1. The number of benzene rings is 2. The summed E-state index contributed by atoms with van der Waals surface area (Å²) < 4.78 is 0. The van der Waals surface area contributed by atoms with Gasteiger partial charge in [-0.15, -0.1) is 0 Å². The van der Waals surface area contributed by atoms with E-state index in [1.165, 1.54) is 22.3 Å². The molecule has 27 heavy (non-hydrogen) atoms. The number of fused-ring (bicyclic) bond motifs is 3. The van der Waals surface area contributed by atoms with E-state index in [1.54, 1.807) is 0 Å². The molecule has 0 aromatic heterocycles. The van der Waals surface area contributed by atoms with Gasteiger partial charge < -0.3 is 10.2 Å². The van der Waals surface area contributed by atoms with E-state index in [-0.39, 0.29) is 17.7 Å². The van der Waals surface area contributed by atoms with Crippen LogP contribution in [0.1, 0.15) is 43.7 Å². The number of amides is 2. The molecule has 1 fully saturated rings. The van der Waals surface area contributed by atoms with E-state index in [0.717, 1.165) is 37.9 Å². The SMILES string of the molecule is CCCC(=O)N1CCCC(C(=O)Nc2ccc3c(c2)Cc2ccccc2-3)C1. The number of hydrogen-bond donors (Lipinski definition) is 1. The van der Waals surface area contributed by atoms with Crippen LogP contribution in [0.3, 0.4) is 0 Å². The highest BCUT2D eigenvalue weighted by atomic mass is 16.2. The second-order valence-corrected chi connectivity index (χ2v) is 7.62. The molecule has 2 aromatic carbocycles. The minimum absolute atomic E-state index is 0.0273. The average Bonchev–Trinajstić information content (AvgIpc) is 3.06. The lowest BCUT2D eigenvalue weighted by molar-refractivity contribution is -0.134. The fourth-order valence-corrected chi connectivity index (χ4v) is 4.26. The number of likely N-dealkylation sites (tertiary alicyclic amines) is 1. The van der Waals surface area contributed by atoms with Gasteiger partial charge in [-0.05, 0) is 60.1 Å². The molecular formula is C23H26N2O2. The Balaban J connectivity index is 1.43. The van der Waals surface area contributed by atoms with Crippen LogP contribution in [0.15, 0.2) is 42.5 Å². The van der Waals surface area contributed by atoms with Gasteiger partial charge in [0.15, 0.2) is 0 Å². The van der Waals surface area contributed by atoms with Crippen molar-refractivity contribution in [2.75, 3.05) is 18.4 Å². The molecule has 2 aromatic rings. The molecule has 4 nitrogen and oxygen atoms in total. The predicted octanol–water partition coefficient (Wildman–Crippen LogP) is 4.24. The molecule has 0 spiro atoms. The first-order chi connectivity index (χ1) is 13.2. The summed E-state index contributed by atoms with van der Waals surface area (Å²) in [6.07, 6.45) is 4.08. The van der Waals surface area contributed by atoms with Crippen LogP contribution in [0.2, 0.25) is 0 Å². The van der Waals surface area contributed by atoms with Crippen molar-refractivity contribution in [3.8, 4) is 11.1 Å². The van der Waals surface area contributed by atoms with Gasteiger partial charge in [0.05, 0.1) is 5.92 Å². The van der Waals surface area contributed by atoms with E-state index in [2.05, 4.69) is 41.7 Å². The molecule has 1 heterocycles. The molecule has 1 aliphatic carbocycles. The second kappa shape index (κ2) is 7.55. The summed E-state index contributed by atoms with van der Waals surface area (Å²) in [6.45, 7) is 3.33. The third-order valence-corrected chi connectivity index (χ3v) is 5.67. The Hall–Kier alpha value is -2.62. The molecule has 4 rings (SSSR count). The number of rotatable bonds is 4. The summed E-state index contributed by atoms with van der Waals surface area (Å²) in [7, 11) is 0. The minimum Gasteiger partial charge on any atom is -0.342 e. The molecular weight excluding hydrogens is 336 g/mol. The van der Waals surface area contributed by atoms with Gasteiger partial charge in [0, 0.05) is 25.2 Å². The minimum atomic E-state index is -0.120. The second-order valence-electron chi connectivity index (χ2n) is 7.62. The highest BCUT2D eigenvalue weighted by molar-refractivity contribution is 5.94. The smallest absolute Gasteiger partial charge is 0.229 e. The number of hydrogen-bond acceptors (Lipinski definition) is 2. The van der Waals surface area contributed by atoms with Crippen molar-refractivity contribution in [2.45, 2.75) is 39.0 Å². The van der Waals surface area contributed by atoms with Crippen molar-refractivity contribution in [1.82, 2.24) is 4.90 Å². The normalized spacial score (nSPS) is 18.0. The molecule has 1 unspecified atom stereocenters. The van der Waals surface area contributed by atoms with Crippen LogP contribution in [0, 0.1) is 5.92 Å². The lowest BCUT2D eigenvalue weighted by Gasteiger charge is -2.32. The van der Waals surface area contributed by atoms with E-state index in [0.29, 0.717) is 13.0 Å². The van der Waals surface area contributed by atoms with Crippen LogP contribution < -0.4 is 5.32 Å². The maximum atomic E-state index is 12.8. The van der Waals surface area contributed by atoms with Crippen LogP contribution in [0.5, 0.6) is 0 Å². The van der Waals surface area contributed by atoms with Gasteiger partial charge in [0.1, 0.15) is 0 Å². The van der Waals surface area contributed by atoms with Gasteiger partial charge >= 0.3 is 0 Å². The summed E-state index contributed by atoms with van der Waals surface area (Å²) in [6, 6.07) is 14.6. The molecule has 0 bridgehead atoms. The molecule has 1 saturated heterocycles. The highest BCUT2D eigenvalue weighted by Gasteiger charge is 2.28. The lowest BCUT2D eigenvalue weighted by Crippen LogP contribution is -2.43. The zero-order chi connectivity index (χ0) is 18.8. The van der Waals surface area contributed by atoms with Gasteiger partial charge in [-0.2, -0.15) is 0 Å². The first kappa shape index (κ1) is 17.8. The van der Waals surface area contributed by atoms with Crippen molar-refractivity contribution in [2.24, 2.45) is 5.92 Å². The molecule has 1 N–H and O–H groups in total. The van der Waals surface area contributed by atoms with E-state index in [9.17, 15) is 9.59 Å². The van der Waals surface area contributed by atoms with Crippen molar-refractivity contribution in [1.29, 1.82) is 0 Å². The van der Waals surface area contributed by atoms with Crippen LogP contribution >= 0.6 is 0 Å². The molecule has 4 heteroatoms. The average molecular weight is 362 g/mol. The monoisotopic (exact) mass is 362 g/mol. The first-order valence-electron chi connectivity index (χ1n) is 9.95. The van der Waals surface area contributed by atoms with Crippen LogP contribution in [-0.4, -0.2) is 29.8 Å². The van der Waals surface area contributed by atoms with E-state index in [4.69, 9.17) is 0 Å². The van der Waals surface area contributed by atoms with Crippen molar-refractivity contribution in [3.63, 3.8) is 0 Å². The number of nitrogens with zero attached hydrogens (tertiary/aromatic N) is 1.